The van der Waals surface area contributed by atoms with E-state index in [2.05, 4.69) is 36.2 Å². The summed E-state index contributed by atoms with van der Waals surface area (Å²) in [4.78, 5) is 25.5. The van der Waals surface area contributed by atoms with E-state index >= 15 is 0 Å². The fraction of sp³-hybridized carbons (Fsp3) is 0.250. The lowest BCUT2D eigenvalue weighted by Gasteiger charge is -2.12. The number of imidazole rings is 1. The lowest BCUT2D eigenvalue weighted by molar-refractivity contribution is 0.0994. The fourth-order valence-corrected chi connectivity index (χ4v) is 5.25. The van der Waals surface area contributed by atoms with Crippen molar-refractivity contribution in [3.63, 3.8) is 0 Å². The first-order valence-corrected chi connectivity index (χ1v) is 11.3. The van der Waals surface area contributed by atoms with Crippen LogP contribution in [0.4, 0.5) is 0 Å². The average molecular weight is 446 g/mol. The molecular weight excluding hydrogens is 422 g/mol. The van der Waals surface area contributed by atoms with E-state index < -0.39 is 0 Å². The predicted octanol–water partition coefficient (Wildman–Crippen LogP) is 4.05. The number of fused-ring (bicyclic) bond motifs is 4. The molecule has 3 heterocycles. The molecule has 0 amide bonds. The Kier molecular flexibility index (Phi) is 4.70. The van der Waals surface area contributed by atoms with Gasteiger partial charge in [-0.2, -0.15) is 0 Å². The molecule has 0 aliphatic rings. The number of aromatic nitrogens is 5. The number of rotatable bonds is 4. The molecule has 0 radical (unpaired) electrons. The minimum absolute atomic E-state index is 0.0157. The Hall–Kier alpha value is -3.39. The molecule has 7 nitrogen and oxygen atoms in total. The number of benzene rings is 2. The Balaban J connectivity index is 1.55. The normalized spacial score (nSPS) is 12.8. The van der Waals surface area contributed by atoms with Crippen LogP contribution in [-0.4, -0.2) is 34.8 Å². The third-order valence-electron chi connectivity index (χ3n) is 6.10. The number of Topliss-reactive ketones (excluding diaryl/α,β-unsaturated/α-hetero) is 1. The summed E-state index contributed by atoms with van der Waals surface area (Å²) >= 11 is 1.40. The molecule has 0 N–H and O–H groups in total. The summed E-state index contributed by atoms with van der Waals surface area (Å²) in [6, 6.07) is 13.6. The van der Waals surface area contributed by atoms with Crippen LogP contribution < -0.4 is 5.69 Å². The Morgan fingerprint density at radius 3 is 2.50 bits per heavy atom. The molecule has 0 saturated carbocycles. The zero-order chi connectivity index (χ0) is 22.7. The summed E-state index contributed by atoms with van der Waals surface area (Å²) in [5.41, 5.74) is 6.12. The molecule has 2 aromatic carbocycles. The van der Waals surface area contributed by atoms with Crippen molar-refractivity contribution in [2.45, 2.75) is 31.2 Å². The Bertz CT molecular complexity index is 1610. The third kappa shape index (κ3) is 2.97. The van der Waals surface area contributed by atoms with Crippen molar-refractivity contribution in [3.05, 3.63) is 69.6 Å². The van der Waals surface area contributed by atoms with Gasteiger partial charge in [0.15, 0.2) is 16.6 Å². The lowest BCUT2D eigenvalue weighted by atomic mass is 10.1. The number of carbonyl (C=O) groups is 1. The number of para-hydroxylation sites is 1. The van der Waals surface area contributed by atoms with Gasteiger partial charge in [0.2, 0.25) is 0 Å². The standard InChI is InChI=1S/C24H23N5O2S/c1-13-7-6-8-17-14(2)11-20-25-26-23(29(20)21(13)17)32-15(3)22(30)16-9-10-18-19(12-16)28(5)24(31)27(18)4/h6-12,15H,1-5H3. The molecule has 5 rings (SSSR count). The molecule has 0 aliphatic heterocycles. The van der Waals surface area contributed by atoms with Crippen LogP contribution in [-0.2, 0) is 14.1 Å². The Labute approximate surface area is 188 Å². The van der Waals surface area contributed by atoms with E-state index in [1.54, 1.807) is 35.4 Å². The molecule has 1 unspecified atom stereocenters. The molecule has 5 aromatic rings. The topological polar surface area (TPSA) is 74.2 Å². The van der Waals surface area contributed by atoms with Crippen LogP contribution in [0.1, 0.15) is 28.4 Å². The maximum absolute atomic E-state index is 13.3. The molecule has 0 saturated heterocycles. The molecule has 32 heavy (non-hydrogen) atoms. The van der Waals surface area contributed by atoms with E-state index in [0.717, 1.165) is 38.7 Å². The minimum atomic E-state index is -0.374. The monoisotopic (exact) mass is 445 g/mol. The first-order valence-electron chi connectivity index (χ1n) is 10.4. The average Bonchev–Trinajstić information content (AvgIpc) is 3.27. The van der Waals surface area contributed by atoms with Gasteiger partial charge in [0.05, 0.1) is 21.8 Å². The van der Waals surface area contributed by atoms with Gasteiger partial charge < -0.3 is 0 Å². The lowest BCUT2D eigenvalue weighted by Crippen LogP contribution is -2.19. The van der Waals surface area contributed by atoms with Crippen LogP contribution in [0.25, 0.3) is 27.6 Å². The molecule has 8 heteroatoms. The number of carbonyl (C=O) groups excluding carboxylic acids is 1. The van der Waals surface area contributed by atoms with Crippen LogP contribution >= 0.6 is 11.8 Å². The second-order valence-corrected chi connectivity index (χ2v) is 9.51. The van der Waals surface area contributed by atoms with E-state index in [4.69, 9.17) is 0 Å². The van der Waals surface area contributed by atoms with E-state index in [1.807, 2.05) is 29.5 Å². The fourth-order valence-electron chi connectivity index (χ4n) is 4.31. The van der Waals surface area contributed by atoms with Gasteiger partial charge in [-0.3, -0.25) is 18.3 Å². The van der Waals surface area contributed by atoms with Gasteiger partial charge in [-0.05, 0) is 56.2 Å². The Morgan fingerprint density at radius 2 is 1.72 bits per heavy atom. The molecule has 0 spiro atoms. The molecule has 1 atom stereocenters. The number of aryl methyl sites for hydroxylation is 4. The molecule has 0 bridgehead atoms. The summed E-state index contributed by atoms with van der Waals surface area (Å²) in [5.74, 6) is -0.0157. The van der Waals surface area contributed by atoms with Crippen molar-refractivity contribution in [3.8, 4) is 0 Å². The second-order valence-electron chi connectivity index (χ2n) is 8.20. The van der Waals surface area contributed by atoms with E-state index in [1.165, 1.54) is 11.8 Å². The van der Waals surface area contributed by atoms with Crippen LogP contribution in [0.5, 0.6) is 0 Å². The zero-order valence-corrected chi connectivity index (χ0v) is 19.4. The summed E-state index contributed by atoms with van der Waals surface area (Å²) in [6.07, 6.45) is 0. The maximum atomic E-state index is 13.3. The van der Waals surface area contributed by atoms with Crippen molar-refractivity contribution in [1.29, 1.82) is 0 Å². The number of thioether (sulfide) groups is 1. The Morgan fingerprint density at radius 1 is 0.969 bits per heavy atom. The maximum Gasteiger partial charge on any atom is 0.328 e. The number of hydrogen-bond donors (Lipinski definition) is 0. The highest BCUT2D eigenvalue weighted by Crippen LogP contribution is 2.31. The molecule has 162 valence electrons. The molecule has 3 aromatic heterocycles. The van der Waals surface area contributed by atoms with Gasteiger partial charge in [-0.25, -0.2) is 4.79 Å². The van der Waals surface area contributed by atoms with Gasteiger partial charge in [-0.15, -0.1) is 10.2 Å². The summed E-state index contributed by atoms with van der Waals surface area (Å²) in [7, 11) is 3.45. The van der Waals surface area contributed by atoms with E-state index in [9.17, 15) is 9.59 Å². The summed E-state index contributed by atoms with van der Waals surface area (Å²) in [5, 5.41) is 10.2. The molecule has 0 aliphatic carbocycles. The van der Waals surface area contributed by atoms with E-state index in [0.29, 0.717) is 10.7 Å². The first-order chi connectivity index (χ1) is 15.3. The van der Waals surface area contributed by atoms with Crippen LogP contribution in [0.2, 0.25) is 0 Å². The van der Waals surface area contributed by atoms with Crippen LogP contribution in [0.15, 0.2) is 52.4 Å². The van der Waals surface area contributed by atoms with Crippen LogP contribution in [0.3, 0.4) is 0 Å². The van der Waals surface area contributed by atoms with Gasteiger partial charge in [-0.1, -0.05) is 30.0 Å². The zero-order valence-electron chi connectivity index (χ0n) is 18.6. The highest BCUT2D eigenvalue weighted by atomic mass is 32.2. The number of nitrogens with zero attached hydrogens (tertiary/aromatic N) is 5. The minimum Gasteiger partial charge on any atom is -0.295 e. The second kappa shape index (κ2) is 7.34. The quantitative estimate of drug-likeness (QED) is 0.308. The highest BCUT2D eigenvalue weighted by Gasteiger charge is 2.22. The van der Waals surface area contributed by atoms with E-state index in [-0.39, 0.29) is 16.7 Å². The van der Waals surface area contributed by atoms with Gasteiger partial charge in [0, 0.05) is 25.0 Å². The first kappa shape index (κ1) is 20.5. The predicted molar refractivity (Wildman–Crippen MR) is 128 cm³/mol. The SMILES string of the molecule is Cc1cc2nnc(SC(C)C(=O)c3ccc4c(c3)n(C)c(=O)n4C)n2c2c(C)cccc12. The largest absolute Gasteiger partial charge is 0.328 e. The summed E-state index contributed by atoms with van der Waals surface area (Å²) in [6.45, 7) is 6.03. The summed E-state index contributed by atoms with van der Waals surface area (Å²) < 4.78 is 5.18. The molecular formula is C24H23N5O2S. The van der Waals surface area contributed by atoms with Gasteiger partial charge in [0.25, 0.3) is 0 Å². The van der Waals surface area contributed by atoms with Crippen molar-refractivity contribution in [2.24, 2.45) is 14.1 Å². The van der Waals surface area contributed by atoms with Gasteiger partial charge in [0.1, 0.15) is 0 Å². The third-order valence-corrected chi connectivity index (χ3v) is 7.14. The van der Waals surface area contributed by atoms with Gasteiger partial charge >= 0.3 is 5.69 Å². The highest BCUT2D eigenvalue weighted by molar-refractivity contribution is 8.00. The number of hydrogen-bond acceptors (Lipinski definition) is 5. The number of ketones is 1. The van der Waals surface area contributed by atoms with Crippen molar-refractivity contribution >= 4 is 45.1 Å². The van der Waals surface area contributed by atoms with Crippen molar-refractivity contribution < 1.29 is 4.79 Å². The van der Waals surface area contributed by atoms with Crippen molar-refractivity contribution in [2.75, 3.05) is 0 Å². The number of pyridine rings is 1. The smallest absolute Gasteiger partial charge is 0.295 e. The van der Waals surface area contributed by atoms with Crippen molar-refractivity contribution in [1.82, 2.24) is 23.7 Å². The van der Waals surface area contributed by atoms with Crippen LogP contribution in [0, 0.1) is 13.8 Å². The molecule has 0 fully saturated rings.